The highest BCUT2D eigenvalue weighted by atomic mass is 16.5. The van der Waals surface area contributed by atoms with Gasteiger partial charge in [0.1, 0.15) is 18.2 Å². The average Bonchev–Trinajstić information content (AvgIpc) is 2.76. The van der Waals surface area contributed by atoms with Gasteiger partial charge >= 0.3 is 0 Å². The Labute approximate surface area is 170 Å². The maximum atomic E-state index is 5.82. The zero-order chi connectivity index (χ0) is 19.9. The summed E-state index contributed by atoms with van der Waals surface area (Å²) in [6, 6.07) is 27.8. The van der Waals surface area contributed by atoms with Gasteiger partial charge in [-0.15, -0.1) is 0 Å². The van der Waals surface area contributed by atoms with Crippen LogP contribution >= 0.6 is 0 Å². The van der Waals surface area contributed by atoms with E-state index in [0.29, 0.717) is 12.6 Å². The first-order chi connectivity index (χ1) is 14.3. The van der Waals surface area contributed by atoms with Crippen LogP contribution in [0.1, 0.15) is 11.1 Å². The summed E-state index contributed by atoms with van der Waals surface area (Å²) in [4.78, 5) is 8.84. The lowest BCUT2D eigenvalue weighted by Crippen LogP contribution is -2.01. The van der Waals surface area contributed by atoms with Gasteiger partial charge in [-0.05, 0) is 54.4 Å². The van der Waals surface area contributed by atoms with Crippen LogP contribution in [0.3, 0.4) is 0 Å². The lowest BCUT2D eigenvalue weighted by Gasteiger charge is -2.11. The minimum Gasteiger partial charge on any atom is -0.489 e. The minimum absolute atomic E-state index is 0.529. The molecule has 0 aliphatic rings. The van der Waals surface area contributed by atoms with Crippen LogP contribution in [0.4, 0.5) is 23.1 Å². The largest absolute Gasteiger partial charge is 0.489 e. The quantitative estimate of drug-likeness (QED) is 0.420. The molecule has 0 unspecified atom stereocenters. The van der Waals surface area contributed by atoms with Gasteiger partial charge < -0.3 is 15.4 Å². The van der Waals surface area contributed by atoms with E-state index >= 15 is 0 Å². The molecular weight excluding hydrogens is 360 g/mol. The Hall–Kier alpha value is -3.86. The van der Waals surface area contributed by atoms with E-state index in [1.807, 2.05) is 78.9 Å². The Morgan fingerprint density at radius 3 is 2.34 bits per heavy atom. The molecule has 1 heterocycles. The van der Waals surface area contributed by atoms with E-state index in [1.165, 1.54) is 0 Å². The summed E-state index contributed by atoms with van der Waals surface area (Å²) < 4.78 is 5.82. The molecule has 0 fully saturated rings. The Morgan fingerprint density at radius 1 is 0.793 bits per heavy atom. The maximum absolute atomic E-state index is 5.82. The number of nitrogens with zero attached hydrogens (tertiary/aromatic N) is 2. The number of aryl methyl sites for hydroxylation is 1. The van der Waals surface area contributed by atoms with Crippen molar-refractivity contribution >= 4 is 23.1 Å². The SMILES string of the molecule is Cc1ccccc1Nc1ccnc(Nc2ccc(OCc3ccccc3)cc2)n1. The molecule has 4 aromatic rings. The van der Waals surface area contributed by atoms with Gasteiger partial charge in [0.25, 0.3) is 0 Å². The first-order valence-corrected chi connectivity index (χ1v) is 9.46. The number of anilines is 4. The lowest BCUT2D eigenvalue weighted by molar-refractivity contribution is 0.306. The summed E-state index contributed by atoms with van der Waals surface area (Å²) in [5.41, 5.74) is 4.22. The molecule has 0 aliphatic carbocycles. The van der Waals surface area contributed by atoms with Gasteiger partial charge in [0.2, 0.25) is 5.95 Å². The summed E-state index contributed by atoms with van der Waals surface area (Å²) in [7, 11) is 0. The molecule has 29 heavy (non-hydrogen) atoms. The number of nitrogens with one attached hydrogen (secondary N) is 2. The number of rotatable bonds is 7. The smallest absolute Gasteiger partial charge is 0.229 e. The molecule has 0 amide bonds. The Bertz CT molecular complexity index is 1070. The van der Waals surface area contributed by atoms with Crippen molar-refractivity contribution in [2.24, 2.45) is 0 Å². The van der Waals surface area contributed by atoms with Crippen LogP contribution in [0.5, 0.6) is 5.75 Å². The van der Waals surface area contributed by atoms with Crippen LogP contribution in [0, 0.1) is 6.92 Å². The van der Waals surface area contributed by atoms with Crippen molar-refractivity contribution in [3.63, 3.8) is 0 Å². The monoisotopic (exact) mass is 382 g/mol. The van der Waals surface area contributed by atoms with E-state index in [9.17, 15) is 0 Å². The fourth-order valence-electron chi connectivity index (χ4n) is 2.84. The number of hydrogen-bond acceptors (Lipinski definition) is 5. The summed E-state index contributed by atoms with van der Waals surface area (Å²) in [5.74, 6) is 2.08. The highest BCUT2D eigenvalue weighted by molar-refractivity contribution is 5.62. The topological polar surface area (TPSA) is 59.1 Å². The van der Waals surface area contributed by atoms with Crippen molar-refractivity contribution in [3.05, 3.63) is 102 Å². The van der Waals surface area contributed by atoms with Crippen molar-refractivity contribution in [2.75, 3.05) is 10.6 Å². The highest BCUT2D eigenvalue weighted by Gasteiger charge is 2.03. The molecule has 1 aromatic heterocycles. The third kappa shape index (κ3) is 5.11. The molecule has 0 saturated heterocycles. The van der Waals surface area contributed by atoms with Gasteiger partial charge in [-0.2, -0.15) is 4.98 Å². The molecular formula is C24H22N4O. The van der Waals surface area contributed by atoms with Gasteiger partial charge in [-0.25, -0.2) is 4.98 Å². The third-order valence-electron chi connectivity index (χ3n) is 4.42. The lowest BCUT2D eigenvalue weighted by atomic mass is 10.2. The van der Waals surface area contributed by atoms with Crippen LogP contribution in [0.25, 0.3) is 0 Å². The van der Waals surface area contributed by atoms with E-state index in [-0.39, 0.29) is 0 Å². The molecule has 0 saturated carbocycles. The summed E-state index contributed by atoms with van der Waals surface area (Å²) in [6.45, 7) is 2.60. The van der Waals surface area contributed by atoms with Crippen LogP contribution in [-0.2, 0) is 6.61 Å². The molecule has 0 atom stereocenters. The van der Waals surface area contributed by atoms with Crippen molar-refractivity contribution in [3.8, 4) is 5.75 Å². The molecule has 0 aliphatic heterocycles. The maximum Gasteiger partial charge on any atom is 0.229 e. The highest BCUT2D eigenvalue weighted by Crippen LogP contribution is 2.22. The zero-order valence-corrected chi connectivity index (χ0v) is 16.2. The second-order valence-corrected chi connectivity index (χ2v) is 6.63. The van der Waals surface area contributed by atoms with Crippen LogP contribution < -0.4 is 15.4 Å². The van der Waals surface area contributed by atoms with E-state index in [4.69, 9.17) is 4.74 Å². The Morgan fingerprint density at radius 2 is 1.55 bits per heavy atom. The third-order valence-corrected chi connectivity index (χ3v) is 4.42. The standard InChI is InChI=1S/C24H22N4O/c1-18-7-5-6-10-22(18)27-23-15-16-25-24(28-23)26-20-11-13-21(14-12-20)29-17-19-8-3-2-4-9-19/h2-16H,17H2,1H3,(H2,25,26,27,28). The molecule has 144 valence electrons. The van der Waals surface area contributed by atoms with Crippen LogP contribution in [-0.4, -0.2) is 9.97 Å². The average molecular weight is 382 g/mol. The van der Waals surface area contributed by atoms with E-state index < -0.39 is 0 Å². The van der Waals surface area contributed by atoms with Gasteiger partial charge in [-0.1, -0.05) is 48.5 Å². The Balaban J connectivity index is 1.38. The molecule has 5 nitrogen and oxygen atoms in total. The molecule has 0 spiro atoms. The van der Waals surface area contributed by atoms with Crippen molar-refractivity contribution < 1.29 is 4.74 Å². The molecule has 0 bridgehead atoms. The molecule has 2 N–H and O–H groups in total. The van der Waals surface area contributed by atoms with Crippen LogP contribution in [0.15, 0.2) is 91.1 Å². The number of benzene rings is 3. The minimum atomic E-state index is 0.529. The van der Waals surface area contributed by atoms with Crippen molar-refractivity contribution in [1.82, 2.24) is 9.97 Å². The molecule has 3 aromatic carbocycles. The number of hydrogen-bond donors (Lipinski definition) is 2. The second kappa shape index (κ2) is 8.89. The van der Waals surface area contributed by atoms with E-state index in [1.54, 1.807) is 6.20 Å². The van der Waals surface area contributed by atoms with Gasteiger partial charge in [0, 0.05) is 17.6 Å². The predicted molar refractivity (Wildman–Crippen MR) is 117 cm³/mol. The summed E-state index contributed by atoms with van der Waals surface area (Å²) >= 11 is 0. The van der Waals surface area contributed by atoms with Gasteiger partial charge in [0.15, 0.2) is 0 Å². The van der Waals surface area contributed by atoms with Crippen molar-refractivity contribution in [1.29, 1.82) is 0 Å². The normalized spacial score (nSPS) is 10.4. The predicted octanol–water partition coefficient (Wildman–Crippen LogP) is 5.85. The summed E-state index contributed by atoms with van der Waals surface area (Å²) in [6.07, 6.45) is 1.73. The first kappa shape index (κ1) is 18.5. The van der Waals surface area contributed by atoms with Crippen molar-refractivity contribution in [2.45, 2.75) is 13.5 Å². The molecule has 4 rings (SSSR count). The number of ether oxygens (including phenoxy) is 1. The number of para-hydroxylation sites is 1. The van der Waals surface area contributed by atoms with E-state index in [0.717, 1.165) is 34.1 Å². The zero-order valence-electron chi connectivity index (χ0n) is 16.2. The second-order valence-electron chi connectivity index (χ2n) is 6.63. The fourth-order valence-corrected chi connectivity index (χ4v) is 2.84. The molecule has 0 radical (unpaired) electrons. The summed E-state index contributed by atoms with van der Waals surface area (Å²) in [5, 5.41) is 6.56. The van der Waals surface area contributed by atoms with Gasteiger partial charge in [-0.3, -0.25) is 0 Å². The first-order valence-electron chi connectivity index (χ1n) is 9.46. The Kier molecular flexibility index (Phi) is 5.67. The van der Waals surface area contributed by atoms with Gasteiger partial charge in [0.05, 0.1) is 0 Å². The molecule has 5 heteroatoms. The van der Waals surface area contributed by atoms with E-state index in [2.05, 4.69) is 33.6 Å². The van der Waals surface area contributed by atoms with Crippen LogP contribution in [0.2, 0.25) is 0 Å². The number of aromatic nitrogens is 2. The fraction of sp³-hybridized carbons (Fsp3) is 0.0833.